The molecule has 0 spiro atoms. The highest BCUT2D eigenvalue weighted by Crippen LogP contribution is 2.22. The number of nitrogens with one attached hydrogen (secondary N) is 1. The van der Waals surface area contributed by atoms with Gasteiger partial charge in [-0.1, -0.05) is 23.8 Å². The number of hydrogen-bond donors (Lipinski definition) is 1. The van der Waals surface area contributed by atoms with E-state index in [-0.39, 0.29) is 28.2 Å². The fourth-order valence-electron chi connectivity index (χ4n) is 1.80. The summed E-state index contributed by atoms with van der Waals surface area (Å²) in [6.07, 6.45) is 5.52. The molecule has 6 heteroatoms. The van der Waals surface area contributed by atoms with Gasteiger partial charge in [0.05, 0.1) is 15.5 Å². The first-order chi connectivity index (χ1) is 8.58. The minimum absolute atomic E-state index is 0.0489. The maximum absolute atomic E-state index is 12.0. The Balaban J connectivity index is 2.18. The number of hydrogen-bond acceptors (Lipinski definition) is 3. The largest absolute Gasteiger partial charge is 0.349 e. The van der Waals surface area contributed by atoms with E-state index in [1.807, 2.05) is 12.2 Å². The molecule has 1 aliphatic carbocycles. The summed E-state index contributed by atoms with van der Waals surface area (Å²) in [6.45, 7) is 0. The fraction of sp³-hybridized carbons (Fsp3) is 0.250. The molecular weight excluding hydrogens is 256 g/mol. The maximum Gasteiger partial charge on any atom is 0.270 e. The van der Waals surface area contributed by atoms with Crippen LogP contribution in [0.4, 0.5) is 5.69 Å². The number of nitrogens with zero attached hydrogens (tertiary/aromatic N) is 1. The number of carbonyl (C=O) groups is 1. The Kier molecular flexibility index (Phi) is 3.62. The Morgan fingerprint density at radius 3 is 2.67 bits per heavy atom. The summed E-state index contributed by atoms with van der Waals surface area (Å²) in [5.74, 6) is -0.377. The van der Waals surface area contributed by atoms with E-state index in [2.05, 4.69) is 5.32 Å². The van der Waals surface area contributed by atoms with E-state index in [0.29, 0.717) is 0 Å². The van der Waals surface area contributed by atoms with E-state index in [1.54, 1.807) is 0 Å². The molecule has 1 amide bonds. The van der Waals surface area contributed by atoms with Crippen LogP contribution >= 0.6 is 11.6 Å². The van der Waals surface area contributed by atoms with Crippen molar-refractivity contribution in [2.24, 2.45) is 0 Å². The van der Waals surface area contributed by atoms with E-state index in [0.717, 1.165) is 12.8 Å². The lowest BCUT2D eigenvalue weighted by atomic mass is 10.1. The molecule has 5 nitrogen and oxygen atoms in total. The minimum Gasteiger partial charge on any atom is -0.349 e. The van der Waals surface area contributed by atoms with Crippen LogP contribution in [0.2, 0.25) is 5.02 Å². The van der Waals surface area contributed by atoms with E-state index in [9.17, 15) is 14.9 Å². The van der Waals surface area contributed by atoms with Crippen LogP contribution < -0.4 is 5.32 Å². The van der Waals surface area contributed by atoms with Crippen molar-refractivity contribution in [3.05, 3.63) is 51.1 Å². The van der Waals surface area contributed by atoms with Crippen LogP contribution in [0.3, 0.4) is 0 Å². The van der Waals surface area contributed by atoms with Crippen LogP contribution in [0, 0.1) is 10.1 Å². The highest BCUT2D eigenvalue weighted by atomic mass is 35.5. The zero-order valence-corrected chi connectivity index (χ0v) is 10.2. The second-order valence-electron chi connectivity index (χ2n) is 4.03. The first-order valence-electron chi connectivity index (χ1n) is 5.47. The van der Waals surface area contributed by atoms with E-state index in [4.69, 9.17) is 11.6 Å². The Labute approximate surface area is 109 Å². The quantitative estimate of drug-likeness (QED) is 0.519. The van der Waals surface area contributed by atoms with Crippen molar-refractivity contribution in [3.63, 3.8) is 0 Å². The van der Waals surface area contributed by atoms with Gasteiger partial charge in [-0.25, -0.2) is 0 Å². The van der Waals surface area contributed by atoms with Crippen LogP contribution in [0.25, 0.3) is 0 Å². The molecule has 0 saturated carbocycles. The van der Waals surface area contributed by atoms with Crippen molar-refractivity contribution < 1.29 is 9.72 Å². The molecule has 0 aliphatic heterocycles. The number of halogens is 1. The van der Waals surface area contributed by atoms with Crippen molar-refractivity contribution in [2.45, 2.75) is 18.9 Å². The van der Waals surface area contributed by atoms with Gasteiger partial charge in [-0.05, 0) is 18.9 Å². The van der Waals surface area contributed by atoms with Crippen molar-refractivity contribution in [2.75, 3.05) is 0 Å². The molecular formula is C12H11ClN2O3. The fourth-order valence-corrected chi connectivity index (χ4v) is 2.00. The zero-order valence-electron chi connectivity index (χ0n) is 9.43. The standard InChI is InChI=1S/C12H11ClN2O3/c13-11-6-5-9(15(17)18)7-10(11)12(16)14-8-3-1-2-4-8/h1-2,5-8H,3-4H2,(H,14,16). The molecule has 0 aromatic heterocycles. The van der Waals surface area contributed by atoms with Gasteiger partial charge in [0.1, 0.15) is 0 Å². The third kappa shape index (κ3) is 2.68. The lowest BCUT2D eigenvalue weighted by Crippen LogP contribution is -2.33. The van der Waals surface area contributed by atoms with Gasteiger partial charge in [-0.15, -0.1) is 0 Å². The summed E-state index contributed by atoms with van der Waals surface area (Å²) in [4.78, 5) is 22.1. The number of carbonyl (C=O) groups excluding carboxylic acids is 1. The highest BCUT2D eigenvalue weighted by Gasteiger charge is 2.19. The molecule has 1 aromatic rings. The molecule has 0 saturated heterocycles. The number of nitro groups is 1. The molecule has 18 heavy (non-hydrogen) atoms. The summed E-state index contributed by atoms with van der Waals surface area (Å²) in [5, 5.41) is 13.7. The topological polar surface area (TPSA) is 72.2 Å². The Morgan fingerprint density at radius 2 is 2.06 bits per heavy atom. The molecule has 0 fully saturated rings. The third-order valence-corrected chi connectivity index (χ3v) is 3.08. The highest BCUT2D eigenvalue weighted by molar-refractivity contribution is 6.33. The van der Waals surface area contributed by atoms with Gasteiger partial charge >= 0.3 is 0 Å². The normalized spacial score (nSPS) is 14.7. The van der Waals surface area contributed by atoms with E-state index < -0.39 is 4.92 Å². The average molecular weight is 267 g/mol. The van der Waals surface area contributed by atoms with Gasteiger partial charge in [-0.3, -0.25) is 14.9 Å². The van der Waals surface area contributed by atoms with Gasteiger partial charge in [0.15, 0.2) is 0 Å². The summed E-state index contributed by atoms with van der Waals surface area (Å²) in [7, 11) is 0. The van der Waals surface area contributed by atoms with Crippen LogP contribution in [0.15, 0.2) is 30.4 Å². The van der Waals surface area contributed by atoms with Crippen LogP contribution in [-0.4, -0.2) is 16.9 Å². The monoisotopic (exact) mass is 266 g/mol. The zero-order chi connectivity index (χ0) is 13.1. The van der Waals surface area contributed by atoms with Gasteiger partial charge in [0.25, 0.3) is 11.6 Å². The average Bonchev–Trinajstić information content (AvgIpc) is 2.81. The number of amides is 1. The third-order valence-electron chi connectivity index (χ3n) is 2.75. The number of benzene rings is 1. The Morgan fingerprint density at radius 1 is 1.39 bits per heavy atom. The van der Waals surface area contributed by atoms with Gasteiger partial charge in [-0.2, -0.15) is 0 Å². The van der Waals surface area contributed by atoms with Crippen LogP contribution in [0.5, 0.6) is 0 Å². The van der Waals surface area contributed by atoms with E-state index >= 15 is 0 Å². The summed E-state index contributed by atoms with van der Waals surface area (Å²) in [5.41, 5.74) is -0.00753. The molecule has 0 unspecified atom stereocenters. The smallest absolute Gasteiger partial charge is 0.270 e. The van der Waals surface area contributed by atoms with Gasteiger partial charge < -0.3 is 5.32 Å². The second kappa shape index (κ2) is 5.18. The summed E-state index contributed by atoms with van der Waals surface area (Å²) >= 11 is 5.88. The molecule has 1 N–H and O–H groups in total. The van der Waals surface area contributed by atoms with Crippen molar-refractivity contribution >= 4 is 23.2 Å². The van der Waals surface area contributed by atoms with Crippen molar-refractivity contribution in [1.29, 1.82) is 0 Å². The molecule has 1 aromatic carbocycles. The van der Waals surface area contributed by atoms with Crippen molar-refractivity contribution in [3.8, 4) is 0 Å². The lowest BCUT2D eigenvalue weighted by Gasteiger charge is -2.12. The molecule has 94 valence electrons. The molecule has 2 rings (SSSR count). The molecule has 0 bridgehead atoms. The predicted molar refractivity (Wildman–Crippen MR) is 67.7 cm³/mol. The molecule has 0 heterocycles. The molecule has 0 radical (unpaired) electrons. The predicted octanol–water partition coefficient (Wildman–Crippen LogP) is 2.70. The maximum atomic E-state index is 12.0. The number of rotatable bonds is 3. The minimum atomic E-state index is -0.551. The summed E-state index contributed by atoms with van der Waals surface area (Å²) < 4.78 is 0. The van der Waals surface area contributed by atoms with Gasteiger partial charge in [0, 0.05) is 18.2 Å². The van der Waals surface area contributed by atoms with Gasteiger partial charge in [0.2, 0.25) is 0 Å². The lowest BCUT2D eigenvalue weighted by molar-refractivity contribution is -0.384. The first kappa shape index (κ1) is 12.6. The number of non-ortho nitro benzene ring substituents is 1. The van der Waals surface area contributed by atoms with Crippen LogP contribution in [0.1, 0.15) is 23.2 Å². The molecule has 0 atom stereocenters. The second-order valence-corrected chi connectivity index (χ2v) is 4.44. The summed E-state index contributed by atoms with van der Waals surface area (Å²) in [6, 6.07) is 3.88. The Hall–Kier alpha value is -1.88. The Bertz CT molecular complexity index is 520. The number of nitro benzene ring substituents is 1. The van der Waals surface area contributed by atoms with Crippen LogP contribution in [-0.2, 0) is 0 Å². The SMILES string of the molecule is O=C(NC1CC=CC1)c1cc([N+](=O)[O-])ccc1Cl. The first-order valence-corrected chi connectivity index (χ1v) is 5.85. The van der Waals surface area contributed by atoms with E-state index in [1.165, 1.54) is 18.2 Å². The van der Waals surface area contributed by atoms with Crippen molar-refractivity contribution in [1.82, 2.24) is 5.32 Å². The molecule has 1 aliphatic rings.